The SMILES string of the molecule is [C-]#[N+]c1cc(C(F)(F)F)ccc1-c1ccc(-n2c3ccccc3c3c2ccc2c4ccccc4n(-c4ccccc4)c23)c(-c2ccc(C#N)cc2-n2c3ccccc3c3c2ccc2c4ccccc4n(-c4ccccc4)c23)c1. The Balaban J connectivity index is 1.08. The molecule has 0 radical (unpaired) electrons. The van der Waals surface area contributed by atoms with Gasteiger partial charge in [-0.25, -0.2) is 4.85 Å². The number of aromatic nitrogens is 4. The van der Waals surface area contributed by atoms with E-state index in [0.717, 1.165) is 133 Å². The van der Waals surface area contributed by atoms with Gasteiger partial charge in [0.1, 0.15) is 0 Å². The van der Waals surface area contributed by atoms with Gasteiger partial charge in [0.05, 0.1) is 73.7 Å². The van der Waals surface area contributed by atoms with Crippen molar-refractivity contribution in [1.82, 2.24) is 18.3 Å². The van der Waals surface area contributed by atoms with Crippen molar-refractivity contribution in [3.05, 3.63) is 259 Å². The molecule has 366 valence electrons. The highest BCUT2D eigenvalue weighted by atomic mass is 19.4. The summed E-state index contributed by atoms with van der Waals surface area (Å²) in [5, 5.41) is 19.4. The molecule has 4 aromatic heterocycles. The number of para-hydroxylation sites is 6. The van der Waals surface area contributed by atoms with Crippen molar-refractivity contribution in [2.75, 3.05) is 0 Å². The van der Waals surface area contributed by atoms with E-state index < -0.39 is 11.7 Å². The maximum atomic E-state index is 14.2. The van der Waals surface area contributed by atoms with E-state index in [0.29, 0.717) is 16.7 Å². The monoisotopic (exact) mass is 1010 g/mol. The number of halogens is 3. The molecule has 0 bridgehead atoms. The Morgan fingerprint density at radius 2 is 0.859 bits per heavy atom. The van der Waals surface area contributed by atoms with Gasteiger partial charge in [0.2, 0.25) is 0 Å². The second kappa shape index (κ2) is 17.0. The minimum atomic E-state index is -4.64. The van der Waals surface area contributed by atoms with E-state index in [-0.39, 0.29) is 5.69 Å². The van der Waals surface area contributed by atoms with Gasteiger partial charge in [0.25, 0.3) is 0 Å². The zero-order valence-electron chi connectivity index (χ0n) is 41.3. The van der Waals surface area contributed by atoms with Gasteiger partial charge < -0.3 is 18.3 Å². The van der Waals surface area contributed by atoms with Gasteiger partial charge in [-0.05, 0) is 102 Å². The van der Waals surface area contributed by atoms with Gasteiger partial charge in [0, 0.05) is 71.2 Å². The number of nitrogens with zero attached hydrogens (tertiary/aromatic N) is 6. The van der Waals surface area contributed by atoms with E-state index in [2.05, 4.69) is 187 Å². The molecule has 0 unspecified atom stereocenters. The molecule has 0 fully saturated rings. The van der Waals surface area contributed by atoms with Crippen LogP contribution in [0.15, 0.2) is 237 Å². The summed E-state index contributed by atoms with van der Waals surface area (Å²) in [5.41, 5.74) is 13.4. The number of rotatable bonds is 6. The lowest BCUT2D eigenvalue weighted by atomic mass is 9.93. The summed E-state index contributed by atoms with van der Waals surface area (Å²) >= 11 is 0. The molecule has 0 aliphatic heterocycles. The molecule has 6 nitrogen and oxygen atoms in total. The second-order valence-electron chi connectivity index (χ2n) is 19.7. The molecule has 9 heteroatoms. The Bertz CT molecular complexity index is 5100. The third kappa shape index (κ3) is 6.49. The molecule has 15 rings (SSSR count). The quantitative estimate of drug-likeness (QED) is 0.153. The first-order valence-corrected chi connectivity index (χ1v) is 25.6. The van der Waals surface area contributed by atoms with Crippen molar-refractivity contribution in [3.8, 4) is 51.1 Å². The number of nitriles is 1. The highest BCUT2D eigenvalue weighted by Gasteiger charge is 2.32. The smallest absolute Gasteiger partial charge is 0.309 e. The van der Waals surface area contributed by atoms with Crippen LogP contribution in [0.2, 0.25) is 0 Å². The van der Waals surface area contributed by atoms with Gasteiger partial charge in [-0.15, -0.1) is 0 Å². The third-order valence-electron chi connectivity index (χ3n) is 15.6. The highest BCUT2D eigenvalue weighted by molar-refractivity contribution is 6.28. The molecular weight excluding hydrogens is 970 g/mol. The van der Waals surface area contributed by atoms with Crippen LogP contribution < -0.4 is 0 Å². The predicted molar refractivity (Wildman–Crippen MR) is 311 cm³/mol. The van der Waals surface area contributed by atoms with Gasteiger partial charge in [0.15, 0.2) is 5.69 Å². The molecule has 0 atom stereocenters. The lowest BCUT2D eigenvalue weighted by molar-refractivity contribution is -0.137. The molecule has 11 aromatic carbocycles. The molecule has 15 aromatic rings. The Labute approximate surface area is 443 Å². The van der Waals surface area contributed by atoms with Crippen molar-refractivity contribution in [2.24, 2.45) is 0 Å². The fourth-order valence-electron chi connectivity index (χ4n) is 12.4. The molecule has 0 amide bonds. The fraction of sp³-hybridized carbons (Fsp3) is 0.0145. The van der Waals surface area contributed by atoms with Crippen LogP contribution in [0.1, 0.15) is 11.1 Å². The molecule has 0 spiro atoms. The first-order chi connectivity index (χ1) is 38.3. The summed E-state index contributed by atoms with van der Waals surface area (Å²) in [5.74, 6) is 0. The Morgan fingerprint density at radius 1 is 0.385 bits per heavy atom. The van der Waals surface area contributed by atoms with Gasteiger partial charge in [-0.2, -0.15) is 18.4 Å². The van der Waals surface area contributed by atoms with Crippen molar-refractivity contribution < 1.29 is 13.2 Å². The maximum Gasteiger partial charge on any atom is 0.415 e. The van der Waals surface area contributed by atoms with Gasteiger partial charge in [-0.1, -0.05) is 146 Å². The summed E-state index contributed by atoms with van der Waals surface area (Å²) < 4.78 is 52.0. The van der Waals surface area contributed by atoms with Crippen LogP contribution in [0.4, 0.5) is 18.9 Å². The molecule has 0 saturated carbocycles. The van der Waals surface area contributed by atoms with Crippen LogP contribution >= 0.6 is 0 Å². The molecule has 0 N–H and O–H groups in total. The standard InChI is InChI=1S/C69H39F3N6/c1-74-56-40-44(69(70,71)72)30-32-47(56)43-29-35-61(77-59-26-14-10-22-53(59)65-62(77)36-33-51-48-20-8-12-24-57(48)75(67(51)65)45-16-4-2-5-17-45)55(39-43)50-31-28-42(41-73)38-64(50)78-60-27-15-11-23-54(60)66-63(78)37-34-52-49-21-9-13-25-58(49)76(68(52)66)46-18-6-3-7-19-46/h2-40H. The summed E-state index contributed by atoms with van der Waals surface area (Å²) in [6.45, 7) is 8.18. The predicted octanol–water partition coefficient (Wildman–Crippen LogP) is 18.9. The molecule has 78 heavy (non-hydrogen) atoms. The van der Waals surface area contributed by atoms with E-state index in [4.69, 9.17) is 6.57 Å². The zero-order chi connectivity index (χ0) is 52.4. The number of hydrogen-bond acceptors (Lipinski definition) is 1. The van der Waals surface area contributed by atoms with Gasteiger partial charge >= 0.3 is 6.18 Å². The van der Waals surface area contributed by atoms with E-state index >= 15 is 0 Å². The van der Waals surface area contributed by atoms with Crippen molar-refractivity contribution in [3.63, 3.8) is 0 Å². The minimum absolute atomic E-state index is 0.114. The van der Waals surface area contributed by atoms with Crippen LogP contribution in [0.3, 0.4) is 0 Å². The average molecular weight is 1010 g/mol. The first kappa shape index (κ1) is 44.8. The van der Waals surface area contributed by atoms with E-state index in [1.54, 1.807) is 0 Å². The summed E-state index contributed by atoms with van der Waals surface area (Å²) in [7, 11) is 0. The summed E-state index contributed by atoms with van der Waals surface area (Å²) in [6.07, 6.45) is -4.64. The first-order valence-electron chi connectivity index (χ1n) is 25.6. The lowest BCUT2D eigenvalue weighted by Gasteiger charge is -2.20. The van der Waals surface area contributed by atoms with E-state index in [1.165, 1.54) is 6.07 Å². The average Bonchev–Trinajstić information content (AvgIpc) is 4.42. The highest BCUT2D eigenvalue weighted by Crippen LogP contribution is 2.48. The molecule has 0 aliphatic rings. The maximum absolute atomic E-state index is 14.2. The fourth-order valence-corrected chi connectivity index (χ4v) is 12.4. The number of fused-ring (bicyclic) bond motifs is 14. The molecular formula is C69H39F3N6. The number of benzene rings is 11. The van der Waals surface area contributed by atoms with Crippen LogP contribution in [-0.4, -0.2) is 18.3 Å². The Hall–Kier alpha value is -10.6. The largest absolute Gasteiger partial charge is 0.415 e. The van der Waals surface area contributed by atoms with Crippen molar-refractivity contribution in [2.45, 2.75) is 6.18 Å². The molecule has 0 aliphatic carbocycles. The van der Waals surface area contributed by atoms with Crippen LogP contribution in [0, 0.1) is 17.9 Å². The number of hydrogen-bond donors (Lipinski definition) is 0. The van der Waals surface area contributed by atoms with Gasteiger partial charge in [-0.3, -0.25) is 0 Å². The normalized spacial score (nSPS) is 12.0. The summed E-state index contributed by atoms with van der Waals surface area (Å²) in [6, 6.07) is 80.8. The van der Waals surface area contributed by atoms with Crippen molar-refractivity contribution >= 4 is 92.9 Å². The zero-order valence-corrected chi connectivity index (χ0v) is 41.3. The van der Waals surface area contributed by atoms with Crippen LogP contribution in [0.5, 0.6) is 0 Å². The lowest BCUT2D eigenvalue weighted by Crippen LogP contribution is -2.04. The van der Waals surface area contributed by atoms with E-state index in [1.807, 2.05) is 60.7 Å². The van der Waals surface area contributed by atoms with Crippen LogP contribution in [-0.2, 0) is 6.18 Å². The Morgan fingerprint density at radius 3 is 1.37 bits per heavy atom. The second-order valence-corrected chi connectivity index (χ2v) is 19.7. The minimum Gasteiger partial charge on any atom is -0.309 e. The number of alkyl halides is 3. The van der Waals surface area contributed by atoms with E-state index in [9.17, 15) is 18.4 Å². The third-order valence-corrected chi connectivity index (χ3v) is 15.6. The Kier molecular flexibility index (Phi) is 9.75. The summed E-state index contributed by atoms with van der Waals surface area (Å²) in [4.78, 5) is 3.68. The molecule has 0 saturated heterocycles. The molecule has 4 heterocycles. The van der Waals surface area contributed by atoms with Crippen LogP contribution in [0.25, 0.3) is 137 Å². The topological polar surface area (TPSA) is 47.9 Å². The van der Waals surface area contributed by atoms with Crippen molar-refractivity contribution in [1.29, 1.82) is 5.26 Å².